The molecule has 3 aliphatic heterocycles. The summed E-state index contributed by atoms with van der Waals surface area (Å²) >= 11 is 6.19. The number of nitrogens with one attached hydrogen (secondary N) is 2. The van der Waals surface area contributed by atoms with Gasteiger partial charge in [-0.3, -0.25) is 29.4 Å². The standard InChI is InChI=1S/C23H19ClFN3O5/c24-12-3-6-15-14(9-12)23(22(33)26-15)19-18(16(27-23)7-8-17(29)30)20(31)28(21(19)32)10-11-1-4-13(25)5-2-11/h1-6,9,16,18-19,27H,7-8,10H2,(H,26,33)(H,29,30)/t16-,18+,19-,23-/m0/s1. The summed E-state index contributed by atoms with van der Waals surface area (Å²) in [6.07, 6.45) is -0.175. The summed E-state index contributed by atoms with van der Waals surface area (Å²) in [5, 5.41) is 15.5. The van der Waals surface area contributed by atoms with Crippen LogP contribution in [0.25, 0.3) is 0 Å². The number of carboxylic acids is 1. The van der Waals surface area contributed by atoms with Crippen LogP contribution in [0.4, 0.5) is 10.1 Å². The molecule has 5 rings (SSSR count). The Morgan fingerprint density at radius 1 is 1.12 bits per heavy atom. The molecule has 0 bridgehead atoms. The SMILES string of the molecule is O=C(O)CC[C@@H]1N[C@]2(C(=O)Nc3ccc(Cl)cc32)[C@@H]2C(=O)N(Cc3ccc(F)cc3)C(=O)[C@H]12. The first-order chi connectivity index (χ1) is 15.7. The molecular formula is C23H19ClFN3O5. The normalized spacial score (nSPS) is 27.8. The van der Waals surface area contributed by atoms with Crippen molar-refractivity contribution >= 4 is 41.0 Å². The number of amides is 3. The molecule has 2 saturated heterocycles. The van der Waals surface area contributed by atoms with Crippen LogP contribution in [0.5, 0.6) is 0 Å². The second-order valence-electron chi connectivity index (χ2n) is 8.53. The first kappa shape index (κ1) is 21.5. The molecule has 2 fully saturated rings. The molecule has 2 aromatic rings. The van der Waals surface area contributed by atoms with Crippen LogP contribution in [0.15, 0.2) is 42.5 Å². The van der Waals surface area contributed by atoms with Gasteiger partial charge in [-0.15, -0.1) is 0 Å². The Bertz CT molecular complexity index is 1200. The van der Waals surface area contributed by atoms with Gasteiger partial charge < -0.3 is 10.4 Å². The fourth-order valence-electron chi connectivity index (χ4n) is 5.29. The molecule has 1 spiro atoms. The van der Waals surface area contributed by atoms with E-state index in [9.17, 15) is 28.7 Å². The van der Waals surface area contributed by atoms with E-state index in [-0.39, 0.29) is 19.4 Å². The molecule has 0 saturated carbocycles. The number of nitrogens with zero attached hydrogens (tertiary/aromatic N) is 1. The Hall–Kier alpha value is -3.30. The molecule has 10 heteroatoms. The fraction of sp³-hybridized carbons (Fsp3) is 0.304. The predicted molar refractivity (Wildman–Crippen MR) is 114 cm³/mol. The maximum atomic E-state index is 13.6. The van der Waals surface area contributed by atoms with Crippen molar-refractivity contribution in [2.45, 2.75) is 31.0 Å². The molecule has 0 aromatic heterocycles. The van der Waals surface area contributed by atoms with Crippen LogP contribution in [0.3, 0.4) is 0 Å². The number of carbonyl (C=O) groups is 4. The number of hydrogen-bond donors (Lipinski definition) is 3. The maximum Gasteiger partial charge on any atom is 0.303 e. The number of aliphatic carboxylic acids is 1. The molecule has 0 aliphatic carbocycles. The van der Waals surface area contributed by atoms with Gasteiger partial charge in [0, 0.05) is 28.7 Å². The van der Waals surface area contributed by atoms with Crippen LogP contribution >= 0.6 is 11.6 Å². The van der Waals surface area contributed by atoms with Crippen LogP contribution in [0, 0.1) is 17.7 Å². The first-order valence-electron chi connectivity index (χ1n) is 10.4. The van der Waals surface area contributed by atoms with Gasteiger partial charge in [-0.2, -0.15) is 0 Å². The van der Waals surface area contributed by atoms with Crippen LogP contribution in [-0.2, 0) is 31.3 Å². The van der Waals surface area contributed by atoms with Crippen LogP contribution < -0.4 is 10.6 Å². The van der Waals surface area contributed by atoms with Crippen molar-refractivity contribution in [2.24, 2.45) is 11.8 Å². The van der Waals surface area contributed by atoms with Gasteiger partial charge >= 0.3 is 5.97 Å². The van der Waals surface area contributed by atoms with Crippen molar-refractivity contribution in [3.05, 3.63) is 64.4 Å². The summed E-state index contributed by atoms with van der Waals surface area (Å²) < 4.78 is 13.3. The minimum atomic E-state index is -1.54. The molecule has 3 N–H and O–H groups in total. The van der Waals surface area contributed by atoms with E-state index in [1.807, 2.05) is 0 Å². The average molecular weight is 472 g/mol. The predicted octanol–water partition coefficient (Wildman–Crippen LogP) is 2.26. The van der Waals surface area contributed by atoms with E-state index in [4.69, 9.17) is 11.6 Å². The summed E-state index contributed by atoms with van der Waals surface area (Å²) in [7, 11) is 0. The molecule has 0 unspecified atom stereocenters. The van der Waals surface area contributed by atoms with Gasteiger partial charge in [0.05, 0.1) is 18.4 Å². The number of imide groups is 1. The second kappa shape index (κ2) is 7.64. The molecule has 4 atom stereocenters. The van der Waals surface area contributed by atoms with Gasteiger partial charge in [0.15, 0.2) is 0 Å². The first-order valence-corrected chi connectivity index (χ1v) is 10.8. The zero-order valence-electron chi connectivity index (χ0n) is 17.2. The Morgan fingerprint density at radius 3 is 2.55 bits per heavy atom. The maximum absolute atomic E-state index is 13.6. The smallest absolute Gasteiger partial charge is 0.303 e. The zero-order valence-corrected chi connectivity index (χ0v) is 17.9. The second-order valence-corrected chi connectivity index (χ2v) is 8.96. The van der Waals surface area contributed by atoms with Crippen molar-refractivity contribution in [3.63, 3.8) is 0 Å². The highest BCUT2D eigenvalue weighted by atomic mass is 35.5. The number of likely N-dealkylation sites (tertiary alicyclic amines) is 1. The number of rotatable bonds is 5. The Balaban J connectivity index is 1.58. The number of benzene rings is 2. The quantitative estimate of drug-likeness (QED) is 0.576. The van der Waals surface area contributed by atoms with E-state index in [2.05, 4.69) is 10.6 Å². The number of carbonyl (C=O) groups excluding carboxylic acids is 3. The lowest BCUT2D eigenvalue weighted by molar-refractivity contribution is -0.144. The van der Waals surface area contributed by atoms with Gasteiger partial charge in [-0.1, -0.05) is 23.7 Å². The number of halogens is 2. The van der Waals surface area contributed by atoms with Crippen LogP contribution in [0.1, 0.15) is 24.0 Å². The highest BCUT2D eigenvalue weighted by Gasteiger charge is 2.70. The Morgan fingerprint density at radius 2 is 1.85 bits per heavy atom. The molecule has 3 amide bonds. The van der Waals surface area contributed by atoms with E-state index < -0.39 is 52.9 Å². The number of anilines is 1. The molecule has 2 aromatic carbocycles. The summed E-state index contributed by atoms with van der Waals surface area (Å²) in [6.45, 7) is -0.0727. The van der Waals surface area contributed by atoms with E-state index in [0.29, 0.717) is 21.8 Å². The van der Waals surface area contributed by atoms with Gasteiger partial charge in [-0.25, -0.2) is 4.39 Å². The molecule has 33 heavy (non-hydrogen) atoms. The molecule has 3 heterocycles. The average Bonchev–Trinajstić information content (AvgIpc) is 3.34. The van der Waals surface area contributed by atoms with E-state index in [1.54, 1.807) is 18.2 Å². The summed E-state index contributed by atoms with van der Waals surface area (Å²) in [5.41, 5.74) is -0.0518. The lowest BCUT2D eigenvalue weighted by Gasteiger charge is -2.29. The topological polar surface area (TPSA) is 116 Å². The van der Waals surface area contributed by atoms with Crippen molar-refractivity contribution in [1.29, 1.82) is 0 Å². The van der Waals surface area contributed by atoms with E-state index in [1.165, 1.54) is 24.3 Å². The summed E-state index contributed by atoms with van der Waals surface area (Å²) in [4.78, 5) is 52.6. The number of fused-ring (bicyclic) bond motifs is 4. The summed E-state index contributed by atoms with van der Waals surface area (Å²) in [5.74, 6) is -4.99. The van der Waals surface area contributed by atoms with E-state index in [0.717, 1.165) is 4.90 Å². The van der Waals surface area contributed by atoms with Crippen molar-refractivity contribution in [3.8, 4) is 0 Å². The minimum absolute atomic E-state index is 0.0604. The lowest BCUT2D eigenvalue weighted by atomic mass is 9.76. The van der Waals surface area contributed by atoms with Gasteiger partial charge in [0.1, 0.15) is 11.4 Å². The Labute approximate surface area is 192 Å². The highest BCUT2D eigenvalue weighted by molar-refractivity contribution is 6.31. The van der Waals surface area contributed by atoms with Gasteiger partial charge in [-0.05, 0) is 42.3 Å². The van der Waals surface area contributed by atoms with Crippen molar-refractivity contribution < 1.29 is 28.7 Å². The largest absolute Gasteiger partial charge is 0.481 e. The molecule has 170 valence electrons. The summed E-state index contributed by atoms with van der Waals surface area (Å²) in [6, 6.07) is 9.55. The van der Waals surface area contributed by atoms with Crippen molar-refractivity contribution in [1.82, 2.24) is 10.2 Å². The lowest BCUT2D eigenvalue weighted by Crippen LogP contribution is -2.53. The molecule has 3 aliphatic rings. The third kappa shape index (κ3) is 3.22. The van der Waals surface area contributed by atoms with Gasteiger partial charge in [0.2, 0.25) is 17.7 Å². The Kier molecular flexibility index (Phi) is 4.98. The van der Waals surface area contributed by atoms with Crippen LogP contribution in [0.2, 0.25) is 5.02 Å². The van der Waals surface area contributed by atoms with Crippen LogP contribution in [-0.4, -0.2) is 39.7 Å². The monoisotopic (exact) mass is 471 g/mol. The highest BCUT2D eigenvalue weighted by Crippen LogP contribution is 2.54. The fourth-order valence-corrected chi connectivity index (χ4v) is 5.46. The number of carboxylic acid groups (broad SMARTS) is 1. The van der Waals surface area contributed by atoms with E-state index >= 15 is 0 Å². The van der Waals surface area contributed by atoms with Gasteiger partial charge in [0.25, 0.3) is 0 Å². The molecule has 8 nitrogen and oxygen atoms in total. The number of hydrogen-bond acceptors (Lipinski definition) is 5. The van der Waals surface area contributed by atoms with Crippen molar-refractivity contribution in [2.75, 3.05) is 5.32 Å². The molecule has 0 radical (unpaired) electrons. The minimum Gasteiger partial charge on any atom is -0.481 e. The third-order valence-electron chi connectivity index (χ3n) is 6.69. The zero-order chi connectivity index (χ0) is 23.5. The third-order valence-corrected chi connectivity index (χ3v) is 6.93. The molecular weight excluding hydrogens is 453 g/mol.